The van der Waals surface area contributed by atoms with Crippen molar-refractivity contribution >= 4 is 54.4 Å². The fraction of sp³-hybridized carbons (Fsp3) is 0.200. The highest BCUT2D eigenvalue weighted by molar-refractivity contribution is 9.11. The number of hydrogen-bond acceptors (Lipinski definition) is 3. The topological polar surface area (TPSA) is 59.3 Å². The quantitative estimate of drug-likeness (QED) is 0.468. The Morgan fingerprint density at radius 2 is 1.69 bits per heavy atom. The first-order valence-corrected chi connectivity index (χ1v) is 9.58. The van der Waals surface area contributed by atoms with Crippen molar-refractivity contribution in [2.45, 2.75) is 26.2 Å². The van der Waals surface area contributed by atoms with Crippen LogP contribution in [0.4, 0.5) is 5.69 Å². The molecule has 1 N–H and O–H groups in total. The van der Waals surface area contributed by atoms with E-state index in [4.69, 9.17) is 4.42 Å². The maximum Gasteiger partial charge on any atom is 0.360 e. The number of anilines is 1. The van der Waals surface area contributed by atoms with E-state index in [0.29, 0.717) is 21.0 Å². The number of halogens is 2. The molecule has 4 nitrogen and oxygen atoms in total. The van der Waals surface area contributed by atoms with E-state index in [-0.39, 0.29) is 17.0 Å². The number of benzene rings is 2. The first kappa shape index (κ1) is 18.9. The van der Waals surface area contributed by atoms with E-state index in [1.54, 1.807) is 24.3 Å². The van der Waals surface area contributed by atoms with Gasteiger partial charge in [0.15, 0.2) is 5.58 Å². The van der Waals surface area contributed by atoms with Gasteiger partial charge in [-0.25, -0.2) is 4.79 Å². The van der Waals surface area contributed by atoms with Crippen molar-refractivity contribution in [1.82, 2.24) is 0 Å². The van der Waals surface area contributed by atoms with Gasteiger partial charge in [-0.3, -0.25) is 4.79 Å². The average Bonchev–Trinajstić information content (AvgIpc) is 2.55. The van der Waals surface area contributed by atoms with Gasteiger partial charge in [-0.15, -0.1) is 0 Å². The fourth-order valence-corrected chi connectivity index (χ4v) is 3.90. The fourth-order valence-electron chi connectivity index (χ4n) is 2.56. The van der Waals surface area contributed by atoms with E-state index in [1.807, 2.05) is 18.2 Å². The summed E-state index contributed by atoms with van der Waals surface area (Å²) < 4.78 is 6.84. The van der Waals surface area contributed by atoms with Crippen LogP contribution in [0.1, 0.15) is 36.7 Å². The maximum atomic E-state index is 12.5. The molecule has 3 aromatic rings. The van der Waals surface area contributed by atoms with Gasteiger partial charge >= 0.3 is 5.63 Å². The van der Waals surface area contributed by atoms with E-state index < -0.39 is 5.63 Å². The van der Waals surface area contributed by atoms with Gasteiger partial charge < -0.3 is 9.73 Å². The molecule has 0 saturated heterocycles. The number of fused-ring (bicyclic) bond motifs is 1. The summed E-state index contributed by atoms with van der Waals surface area (Å²) in [6.07, 6.45) is 0. The van der Waals surface area contributed by atoms with Crippen molar-refractivity contribution in [3.63, 3.8) is 0 Å². The molecule has 0 atom stereocenters. The second-order valence-electron chi connectivity index (χ2n) is 7.03. The third kappa shape index (κ3) is 3.91. The lowest BCUT2D eigenvalue weighted by Gasteiger charge is -2.19. The van der Waals surface area contributed by atoms with E-state index in [0.717, 1.165) is 10.0 Å². The van der Waals surface area contributed by atoms with E-state index in [2.05, 4.69) is 57.9 Å². The van der Waals surface area contributed by atoms with Crippen molar-refractivity contribution in [3.8, 4) is 0 Å². The molecule has 0 radical (unpaired) electrons. The van der Waals surface area contributed by atoms with Gasteiger partial charge in [0.1, 0.15) is 5.69 Å². The standard InChI is InChI=1S/C20H17Br2NO3/c1-20(2,3)13-6-4-11(5-7-13)18(24)23-16-9-12-8-14(21)10-15(22)17(12)26-19(16)25/h4-10H,1-3H3,(H,23,24). The molecule has 0 aliphatic heterocycles. The van der Waals surface area contributed by atoms with Gasteiger partial charge in [0.05, 0.1) is 4.47 Å². The molecule has 0 aliphatic rings. The second kappa shape index (κ2) is 7.00. The Labute approximate surface area is 167 Å². The second-order valence-corrected chi connectivity index (χ2v) is 8.80. The summed E-state index contributed by atoms with van der Waals surface area (Å²) in [5, 5.41) is 3.34. The third-order valence-corrected chi connectivity index (χ3v) is 5.06. The summed E-state index contributed by atoms with van der Waals surface area (Å²) >= 11 is 6.77. The van der Waals surface area contributed by atoms with E-state index in [1.165, 1.54) is 0 Å². The summed E-state index contributed by atoms with van der Waals surface area (Å²) in [5.41, 5.74) is 1.56. The molecule has 0 bridgehead atoms. The van der Waals surface area contributed by atoms with Crippen molar-refractivity contribution < 1.29 is 9.21 Å². The maximum absolute atomic E-state index is 12.5. The molecule has 0 fully saturated rings. The summed E-state index contributed by atoms with van der Waals surface area (Å²) in [6.45, 7) is 6.33. The third-order valence-electron chi connectivity index (χ3n) is 4.01. The lowest BCUT2D eigenvalue weighted by molar-refractivity contribution is 0.102. The Morgan fingerprint density at radius 3 is 2.31 bits per heavy atom. The highest BCUT2D eigenvalue weighted by Gasteiger charge is 2.16. The molecule has 2 aromatic carbocycles. The summed E-state index contributed by atoms with van der Waals surface area (Å²) in [7, 11) is 0. The predicted molar refractivity (Wildman–Crippen MR) is 111 cm³/mol. The smallest absolute Gasteiger partial charge is 0.360 e. The molecule has 6 heteroatoms. The van der Waals surface area contributed by atoms with Gasteiger partial charge in [0.2, 0.25) is 0 Å². The molecule has 0 spiro atoms. The molecular formula is C20H17Br2NO3. The number of carbonyl (C=O) groups excluding carboxylic acids is 1. The Balaban J connectivity index is 1.92. The molecule has 26 heavy (non-hydrogen) atoms. The first-order valence-electron chi connectivity index (χ1n) is 8.00. The van der Waals surface area contributed by atoms with Crippen LogP contribution in [-0.4, -0.2) is 5.91 Å². The molecule has 1 amide bonds. The molecule has 0 aliphatic carbocycles. The molecule has 3 rings (SSSR count). The first-order chi connectivity index (χ1) is 12.1. The number of hydrogen-bond donors (Lipinski definition) is 1. The minimum absolute atomic E-state index is 0.00912. The van der Waals surface area contributed by atoms with Crippen LogP contribution in [0.2, 0.25) is 0 Å². The summed E-state index contributed by atoms with van der Waals surface area (Å²) in [5.74, 6) is -0.355. The normalized spacial score (nSPS) is 11.6. The van der Waals surface area contributed by atoms with Crippen LogP contribution in [0, 0.1) is 0 Å². The highest BCUT2D eigenvalue weighted by Crippen LogP contribution is 2.29. The largest absolute Gasteiger partial charge is 0.420 e. The number of carbonyl (C=O) groups is 1. The SMILES string of the molecule is CC(C)(C)c1ccc(C(=O)Nc2cc3cc(Br)cc(Br)c3oc2=O)cc1. The monoisotopic (exact) mass is 477 g/mol. The number of rotatable bonds is 2. The molecule has 1 aromatic heterocycles. The zero-order chi connectivity index (χ0) is 19.1. The summed E-state index contributed by atoms with van der Waals surface area (Å²) in [6, 6.07) is 12.6. The van der Waals surface area contributed by atoms with Crippen LogP contribution in [0.15, 0.2) is 60.6 Å². The van der Waals surface area contributed by atoms with Crippen LogP contribution in [-0.2, 0) is 5.41 Å². The predicted octanol–water partition coefficient (Wildman–Crippen LogP) is 5.87. The Morgan fingerprint density at radius 1 is 1.04 bits per heavy atom. The highest BCUT2D eigenvalue weighted by atomic mass is 79.9. The Kier molecular flexibility index (Phi) is 5.08. The van der Waals surface area contributed by atoms with Gasteiger partial charge in [-0.05, 0) is 57.2 Å². The van der Waals surface area contributed by atoms with Gasteiger partial charge in [-0.1, -0.05) is 48.8 Å². The van der Waals surface area contributed by atoms with Gasteiger partial charge in [0, 0.05) is 15.4 Å². The van der Waals surface area contributed by atoms with E-state index >= 15 is 0 Å². The minimum Gasteiger partial charge on any atom is -0.420 e. The lowest BCUT2D eigenvalue weighted by Crippen LogP contribution is -2.18. The van der Waals surface area contributed by atoms with Gasteiger partial charge in [-0.2, -0.15) is 0 Å². The van der Waals surface area contributed by atoms with Crippen molar-refractivity contribution in [1.29, 1.82) is 0 Å². The van der Waals surface area contributed by atoms with Crippen LogP contribution in [0.25, 0.3) is 11.0 Å². The molecule has 0 saturated carbocycles. The van der Waals surface area contributed by atoms with E-state index in [9.17, 15) is 9.59 Å². The number of amides is 1. The molecule has 1 heterocycles. The lowest BCUT2D eigenvalue weighted by atomic mass is 9.87. The molecule has 0 unspecified atom stereocenters. The van der Waals surface area contributed by atoms with Crippen LogP contribution in [0.3, 0.4) is 0 Å². The van der Waals surface area contributed by atoms with Crippen LogP contribution in [0.5, 0.6) is 0 Å². The average molecular weight is 479 g/mol. The van der Waals surface area contributed by atoms with Crippen molar-refractivity contribution in [2.75, 3.05) is 5.32 Å². The Hall–Kier alpha value is -1.92. The summed E-state index contributed by atoms with van der Waals surface area (Å²) in [4.78, 5) is 24.7. The van der Waals surface area contributed by atoms with Crippen molar-refractivity contribution in [2.24, 2.45) is 0 Å². The van der Waals surface area contributed by atoms with Gasteiger partial charge in [0.25, 0.3) is 5.91 Å². The minimum atomic E-state index is -0.597. The molecule has 134 valence electrons. The number of nitrogens with one attached hydrogen (secondary N) is 1. The van der Waals surface area contributed by atoms with Crippen molar-refractivity contribution in [3.05, 3.63) is 73.0 Å². The van der Waals surface area contributed by atoms with Crippen LogP contribution >= 0.6 is 31.9 Å². The Bertz CT molecular complexity index is 1050. The zero-order valence-electron chi connectivity index (χ0n) is 14.5. The molecular weight excluding hydrogens is 462 g/mol. The zero-order valence-corrected chi connectivity index (χ0v) is 17.7. The van der Waals surface area contributed by atoms with Crippen LogP contribution < -0.4 is 10.9 Å².